The van der Waals surface area contributed by atoms with Crippen molar-refractivity contribution in [1.82, 2.24) is 4.42 Å². The molecule has 5 heteroatoms. The van der Waals surface area contributed by atoms with E-state index < -0.39 is 0 Å². The number of amides is 2. The van der Waals surface area contributed by atoms with E-state index in [1.54, 1.807) is 0 Å². The van der Waals surface area contributed by atoms with Gasteiger partial charge in [-0.25, -0.2) is 0 Å². The van der Waals surface area contributed by atoms with Gasteiger partial charge in [0.25, 0.3) is 0 Å². The van der Waals surface area contributed by atoms with Crippen LogP contribution in [-0.4, -0.2) is 45.8 Å². The number of halogens is 1. The molecule has 0 aromatic rings. The Hall–Kier alpha value is 0.430. The maximum absolute atomic E-state index is 10.4. The first-order chi connectivity index (χ1) is 3.72. The molecule has 0 bridgehead atoms. The second-order valence-corrected chi connectivity index (χ2v) is 1.91. The number of carbonyl (C=O) groups is 2. The van der Waals surface area contributed by atoms with Gasteiger partial charge >= 0.3 is 29.6 Å². The minimum atomic E-state index is -0.295. The van der Waals surface area contributed by atoms with Gasteiger partial charge in [0.1, 0.15) is 0 Å². The van der Waals surface area contributed by atoms with Crippen molar-refractivity contribution < 1.29 is 9.59 Å². The van der Waals surface area contributed by atoms with Gasteiger partial charge in [-0.05, 0) is 0 Å². The molecule has 0 saturated carbocycles. The van der Waals surface area contributed by atoms with Crippen molar-refractivity contribution in [2.75, 3.05) is 0 Å². The van der Waals surface area contributed by atoms with Crippen LogP contribution in [0.15, 0.2) is 0 Å². The van der Waals surface area contributed by atoms with Gasteiger partial charge in [-0.2, -0.15) is 4.42 Å². The molecule has 1 aliphatic heterocycles. The van der Waals surface area contributed by atoms with Gasteiger partial charge in [-0.1, -0.05) is 0 Å². The van der Waals surface area contributed by atoms with Gasteiger partial charge < -0.3 is 0 Å². The number of rotatable bonds is 0. The second kappa shape index (κ2) is 3.56. The first kappa shape index (κ1) is 9.43. The second-order valence-electron chi connectivity index (χ2n) is 1.57. The Bertz CT molecular complexity index is 134. The number of imide groups is 1. The van der Waals surface area contributed by atoms with Crippen molar-refractivity contribution in [1.29, 1.82) is 0 Å². The fraction of sp³-hybridized carbons (Fsp3) is 0.500. The molecule has 0 radical (unpaired) electrons. The van der Waals surface area contributed by atoms with E-state index in [4.69, 9.17) is 11.8 Å². The van der Waals surface area contributed by atoms with Gasteiger partial charge in [-0.3, -0.25) is 9.59 Å². The molecule has 1 heterocycles. The third kappa shape index (κ3) is 1.93. The Kier molecular flexibility index (Phi) is 3.73. The summed E-state index contributed by atoms with van der Waals surface area (Å²) in [4.78, 5) is 20.7. The summed E-state index contributed by atoms with van der Waals surface area (Å²) in [6, 6.07) is 0. The summed E-state index contributed by atoms with van der Waals surface area (Å²) in [6.07, 6.45) is 0.532. The van der Waals surface area contributed by atoms with E-state index in [2.05, 4.69) is 0 Å². The van der Waals surface area contributed by atoms with E-state index in [9.17, 15) is 9.59 Å². The van der Waals surface area contributed by atoms with Gasteiger partial charge in [0.05, 0.1) is 0 Å². The Morgan fingerprint density at radius 2 is 1.56 bits per heavy atom. The normalized spacial score (nSPS) is 18.1. The van der Waals surface area contributed by atoms with E-state index in [0.717, 1.165) is 0 Å². The van der Waals surface area contributed by atoms with E-state index in [-0.39, 0.29) is 54.2 Å². The summed E-state index contributed by atoms with van der Waals surface area (Å²) in [6.45, 7) is 0. The number of hydrogen-bond acceptors (Lipinski definition) is 2. The SMILES string of the molecule is O=C1CCC(=O)N1Cl.[NaH]. The third-order valence-electron chi connectivity index (χ3n) is 0.991. The zero-order chi connectivity index (χ0) is 6.15. The number of nitrogens with zero attached hydrogens (tertiary/aromatic N) is 1. The molecular weight excluding hydrogens is 152 g/mol. The molecule has 0 aliphatic carbocycles. The van der Waals surface area contributed by atoms with Crippen molar-refractivity contribution in [2.24, 2.45) is 0 Å². The van der Waals surface area contributed by atoms with Crippen LogP contribution < -0.4 is 0 Å². The molecule has 0 aromatic carbocycles. The predicted octanol–water partition coefficient (Wildman–Crippen LogP) is -0.359. The molecule has 1 fully saturated rings. The monoisotopic (exact) mass is 157 g/mol. The van der Waals surface area contributed by atoms with Crippen LogP contribution in [0.4, 0.5) is 0 Å². The van der Waals surface area contributed by atoms with Crippen LogP contribution in [0.25, 0.3) is 0 Å². The molecular formula is C4H5ClNNaO2. The standard InChI is InChI=1S/C4H4ClNO2.Na.H/c5-6-3(7)1-2-4(6)8;;/h1-2H2;;. The molecule has 1 saturated heterocycles. The predicted molar refractivity (Wildman–Crippen MR) is 34.1 cm³/mol. The molecule has 9 heavy (non-hydrogen) atoms. The Balaban J connectivity index is 0.000000640. The summed E-state index contributed by atoms with van der Waals surface area (Å²) >= 11 is 5.15. The first-order valence-electron chi connectivity index (χ1n) is 2.23. The summed E-state index contributed by atoms with van der Waals surface area (Å²) in [7, 11) is 0. The van der Waals surface area contributed by atoms with Crippen LogP contribution in [0.1, 0.15) is 12.8 Å². The molecule has 1 rings (SSSR count). The Morgan fingerprint density at radius 1 is 1.22 bits per heavy atom. The van der Waals surface area contributed by atoms with E-state index in [1.165, 1.54) is 0 Å². The fourth-order valence-electron chi connectivity index (χ4n) is 0.549. The quantitative estimate of drug-likeness (QED) is 0.274. The molecule has 2 amide bonds. The molecule has 0 N–H and O–H groups in total. The summed E-state index contributed by atoms with van der Waals surface area (Å²) in [5.41, 5.74) is 0. The average molecular weight is 158 g/mol. The van der Waals surface area contributed by atoms with Crippen LogP contribution in [0.2, 0.25) is 0 Å². The first-order valence-corrected chi connectivity index (χ1v) is 2.57. The van der Waals surface area contributed by atoms with Crippen LogP contribution >= 0.6 is 11.8 Å². The van der Waals surface area contributed by atoms with Crippen molar-refractivity contribution in [3.8, 4) is 0 Å². The minimum absolute atomic E-state index is 0. The molecule has 0 aromatic heterocycles. The van der Waals surface area contributed by atoms with Crippen molar-refractivity contribution >= 4 is 53.1 Å². The summed E-state index contributed by atoms with van der Waals surface area (Å²) in [5.74, 6) is -0.590. The van der Waals surface area contributed by atoms with Crippen molar-refractivity contribution in [3.63, 3.8) is 0 Å². The molecule has 1 aliphatic rings. The topological polar surface area (TPSA) is 37.4 Å². The zero-order valence-electron chi connectivity index (χ0n) is 4.06. The summed E-state index contributed by atoms with van der Waals surface area (Å²) in [5, 5.41) is 0. The van der Waals surface area contributed by atoms with Crippen LogP contribution in [-0.2, 0) is 9.59 Å². The van der Waals surface area contributed by atoms with Crippen LogP contribution in [0.3, 0.4) is 0 Å². The molecule has 3 nitrogen and oxygen atoms in total. The van der Waals surface area contributed by atoms with E-state index in [0.29, 0.717) is 4.42 Å². The average Bonchev–Trinajstić information content (AvgIpc) is 1.98. The molecule has 46 valence electrons. The van der Waals surface area contributed by atoms with Gasteiger partial charge in [0.15, 0.2) is 0 Å². The Morgan fingerprint density at radius 3 is 1.67 bits per heavy atom. The van der Waals surface area contributed by atoms with Crippen molar-refractivity contribution in [3.05, 3.63) is 0 Å². The van der Waals surface area contributed by atoms with E-state index in [1.807, 2.05) is 0 Å². The number of carbonyl (C=O) groups excluding carboxylic acids is 2. The molecule has 0 unspecified atom stereocenters. The van der Waals surface area contributed by atoms with Gasteiger partial charge in [0, 0.05) is 24.6 Å². The Labute approximate surface area is 79.7 Å². The number of hydrogen-bond donors (Lipinski definition) is 0. The maximum atomic E-state index is 10.4. The van der Waals surface area contributed by atoms with Gasteiger partial charge in [-0.15, -0.1) is 0 Å². The third-order valence-corrected chi connectivity index (χ3v) is 1.37. The molecule has 0 spiro atoms. The van der Waals surface area contributed by atoms with Crippen molar-refractivity contribution in [2.45, 2.75) is 12.8 Å². The fourth-order valence-corrected chi connectivity index (χ4v) is 0.718. The van der Waals surface area contributed by atoms with Gasteiger partial charge in [0.2, 0.25) is 11.8 Å². The van der Waals surface area contributed by atoms with Crippen LogP contribution in [0, 0.1) is 0 Å². The van der Waals surface area contributed by atoms with Crippen LogP contribution in [0.5, 0.6) is 0 Å². The molecule has 0 atom stereocenters. The van der Waals surface area contributed by atoms with E-state index >= 15 is 0 Å². The summed E-state index contributed by atoms with van der Waals surface area (Å²) < 4.78 is 0.639. The zero-order valence-corrected chi connectivity index (χ0v) is 4.81.